The Kier molecular flexibility index (Phi) is 11.6. The van der Waals surface area contributed by atoms with E-state index in [0.717, 1.165) is 70.9 Å². The van der Waals surface area contributed by atoms with Crippen LogP contribution in [0.25, 0.3) is 0 Å². The Labute approximate surface area is 163 Å². The molecule has 2 amide bonds. The van der Waals surface area contributed by atoms with Crippen LogP contribution in [-0.2, 0) is 19.2 Å². The Bertz CT molecular complexity index is 504. The molecule has 2 heterocycles. The van der Waals surface area contributed by atoms with Crippen molar-refractivity contribution in [2.75, 3.05) is 13.1 Å². The Hall–Kier alpha value is -1.72. The highest BCUT2D eigenvalue weighted by Gasteiger charge is 2.27. The summed E-state index contributed by atoms with van der Waals surface area (Å²) < 4.78 is 0. The fourth-order valence-electron chi connectivity index (χ4n) is 3.44. The Morgan fingerprint density at radius 1 is 0.778 bits per heavy atom. The molecule has 6 heteroatoms. The maximum absolute atomic E-state index is 11.7. The van der Waals surface area contributed by atoms with E-state index in [1.807, 2.05) is 6.92 Å². The van der Waals surface area contributed by atoms with Gasteiger partial charge in [0.1, 0.15) is 11.6 Å². The molecule has 0 aromatic rings. The van der Waals surface area contributed by atoms with E-state index in [1.165, 1.54) is 0 Å². The minimum Gasteiger partial charge on any atom is -0.355 e. The van der Waals surface area contributed by atoms with Gasteiger partial charge in [-0.25, -0.2) is 0 Å². The van der Waals surface area contributed by atoms with Crippen molar-refractivity contribution >= 4 is 23.4 Å². The van der Waals surface area contributed by atoms with Crippen LogP contribution < -0.4 is 10.6 Å². The van der Waals surface area contributed by atoms with Crippen molar-refractivity contribution < 1.29 is 19.2 Å². The number of hydrogen-bond acceptors (Lipinski definition) is 4. The third kappa shape index (κ3) is 8.67. The summed E-state index contributed by atoms with van der Waals surface area (Å²) in [5, 5.41) is 5.57. The van der Waals surface area contributed by atoms with E-state index in [4.69, 9.17) is 0 Å². The van der Waals surface area contributed by atoms with E-state index in [1.54, 1.807) is 0 Å². The highest BCUT2D eigenvalue weighted by atomic mass is 16.2. The zero-order valence-electron chi connectivity index (χ0n) is 17.0. The standard InChI is InChI=1S/C11H19NO2.C10H17NO2/c1-2-3-7-10(13)9-6-4-5-8-12-11(9)14;1-2-5-9(12)8-6-3-4-7-11-10(8)13/h9H,2-8H2,1H3,(H,12,14);8H,2-7H2,1H3,(H,11,13). The first-order valence-electron chi connectivity index (χ1n) is 10.6. The molecule has 27 heavy (non-hydrogen) atoms. The van der Waals surface area contributed by atoms with Gasteiger partial charge >= 0.3 is 0 Å². The fraction of sp³-hybridized carbons (Fsp3) is 0.810. The highest BCUT2D eigenvalue weighted by Crippen LogP contribution is 2.16. The van der Waals surface area contributed by atoms with Gasteiger partial charge in [0.05, 0.1) is 11.8 Å². The molecule has 0 aromatic heterocycles. The maximum Gasteiger partial charge on any atom is 0.230 e. The monoisotopic (exact) mass is 380 g/mol. The molecule has 0 aromatic carbocycles. The van der Waals surface area contributed by atoms with E-state index in [-0.39, 0.29) is 35.2 Å². The summed E-state index contributed by atoms with van der Waals surface area (Å²) in [4.78, 5) is 46.0. The van der Waals surface area contributed by atoms with Crippen LogP contribution in [0.15, 0.2) is 0 Å². The number of amides is 2. The molecule has 0 radical (unpaired) electrons. The smallest absolute Gasteiger partial charge is 0.230 e. The van der Waals surface area contributed by atoms with Crippen LogP contribution in [0.1, 0.15) is 84.5 Å². The summed E-state index contributed by atoms with van der Waals surface area (Å²) in [6, 6.07) is 0. The zero-order valence-corrected chi connectivity index (χ0v) is 17.0. The zero-order chi connectivity index (χ0) is 20.1. The second-order valence-electron chi connectivity index (χ2n) is 7.46. The van der Waals surface area contributed by atoms with Crippen LogP contribution in [0.5, 0.6) is 0 Å². The van der Waals surface area contributed by atoms with Gasteiger partial charge in [-0.3, -0.25) is 19.2 Å². The van der Waals surface area contributed by atoms with Gasteiger partial charge in [0, 0.05) is 25.9 Å². The number of ketones is 2. The SMILES string of the molecule is CCCC(=O)C1CCCCNC1=O.CCCCC(=O)C1CCCCNC1=O. The average molecular weight is 381 g/mol. The van der Waals surface area contributed by atoms with Crippen molar-refractivity contribution in [2.45, 2.75) is 84.5 Å². The van der Waals surface area contributed by atoms with Crippen LogP contribution in [-0.4, -0.2) is 36.5 Å². The average Bonchev–Trinajstić information content (AvgIpc) is 3.00. The summed E-state index contributed by atoms with van der Waals surface area (Å²) >= 11 is 0. The summed E-state index contributed by atoms with van der Waals surface area (Å²) in [6.07, 6.45) is 9.32. The normalized spacial score (nSPS) is 23.0. The quantitative estimate of drug-likeness (QED) is 0.664. The predicted molar refractivity (Wildman–Crippen MR) is 105 cm³/mol. The number of rotatable bonds is 7. The molecule has 2 aliphatic rings. The van der Waals surface area contributed by atoms with Crippen LogP contribution in [0, 0.1) is 11.8 Å². The summed E-state index contributed by atoms with van der Waals surface area (Å²) in [7, 11) is 0. The molecule has 0 aliphatic carbocycles. The Morgan fingerprint density at radius 3 is 1.70 bits per heavy atom. The molecule has 2 N–H and O–H groups in total. The largest absolute Gasteiger partial charge is 0.355 e. The van der Waals surface area contributed by atoms with Gasteiger partial charge in [-0.05, 0) is 38.5 Å². The molecule has 2 saturated heterocycles. The first-order valence-corrected chi connectivity index (χ1v) is 10.6. The molecule has 0 spiro atoms. The van der Waals surface area contributed by atoms with Crippen molar-refractivity contribution in [1.29, 1.82) is 0 Å². The van der Waals surface area contributed by atoms with Gasteiger partial charge in [-0.1, -0.05) is 33.1 Å². The van der Waals surface area contributed by atoms with E-state index in [9.17, 15) is 19.2 Å². The number of unbranched alkanes of at least 4 members (excludes halogenated alkanes) is 1. The lowest BCUT2D eigenvalue weighted by atomic mass is 9.94. The first kappa shape index (κ1) is 23.3. The predicted octanol–water partition coefficient (Wildman–Crippen LogP) is 2.93. The van der Waals surface area contributed by atoms with Crippen molar-refractivity contribution in [2.24, 2.45) is 11.8 Å². The number of hydrogen-bond donors (Lipinski definition) is 2. The Morgan fingerprint density at radius 2 is 1.26 bits per heavy atom. The van der Waals surface area contributed by atoms with Crippen molar-refractivity contribution in [3.8, 4) is 0 Å². The molecule has 0 bridgehead atoms. The molecule has 2 rings (SSSR count). The van der Waals surface area contributed by atoms with Crippen LogP contribution in [0.2, 0.25) is 0 Å². The second kappa shape index (κ2) is 13.4. The molecule has 6 nitrogen and oxygen atoms in total. The number of carbonyl (C=O) groups is 4. The molecule has 0 saturated carbocycles. The van der Waals surface area contributed by atoms with Crippen molar-refractivity contribution in [1.82, 2.24) is 10.6 Å². The van der Waals surface area contributed by atoms with Crippen molar-refractivity contribution in [3.63, 3.8) is 0 Å². The maximum atomic E-state index is 11.7. The van der Waals surface area contributed by atoms with E-state index >= 15 is 0 Å². The van der Waals surface area contributed by atoms with Gasteiger partial charge in [0.15, 0.2) is 0 Å². The van der Waals surface area contributed by atoms with E-state index in [0.29, 0.717) is 12.8 Å². The van der Waals surface area contributed by atoms with Crippen LogP contribution >= 0.6 is 0 Å². The van der Waals surface area contributed by atoms with Gasteiger partial charge in [0.2, 0.25) is 11.8 Å². The van der Waals surface area contributed by atoms with Gasteiger partial charge < -0.3 is 10.6 Å². The lowest BCUT2D eigenvalue weighted by Gasteiger charge is -2.10. The van der Waals surface area contributed by atoms with Crippen molar-refractivity contribution in [3.05, 3.63) is 0 Å². The summed E-state index contributed by atoms with van der Waals surface area (Å²) in [5.41, 5.74) is 0. The lowest BCUT2D eigenvalue weighted by molar-refractivity contribution is -0.135. The molecule has 2 fully saturated rings. The van der Waals surface area contributed by atoms with E-state index < -0.39 is 0 Å². The minimum atomic E-state index is -0.359. The minimum absolute atomic E-state index is 0.0522. The molecule has 2 unspecified atom stereocenters. The molecular formula is C21H36N2O4. The van der Waals surface area contributed by atoms with Crippen LogP contribution in [0.4, 0.5) is 0 Å². The Balaban J connectivity index is 0.000000271. The third-order valence-electron chi connectivity index (χ3n) is 5.12. The highest BCUT2D eigenvalue weighted by molar-refractivity contribution is 6.02. The third-order valence-corrected chi connectivity index (χ3v) is 5.12. The summed E-state index contributed by atoms with van der Waals surface area (Å²) in [6.45, 7) is 5.48. The number of Topliss-reactive ketones (excluding diaryl/α,β-unsaturated/α-hetero) is 2. The first-order chi connectivity index (χ1) is 13.0. The lowest BCUT2D eigenvalue weighted by Crippen LogP contribution is -2.33. The molecule has 154 valence electrons. The summed E-state index contributed by atoms with van der Waals surface area (Å²) in [5.74, 6) is -0.584. The van der Waals surface area contributed by atoms with Gasteiger partial charge in [0.25, 0.3) is 0 Å². The van der Waals surface area contributed by atoms with Crippen LogP contribution in [0.3, 0.4) is 0 Å². The van der Waals surface area contributed by atoms with E-state index in [2.05, 4.69) is 17.6 Å². The fourth-order valence-corrected chi connectivity index (χ4v) is 3.44. The topological polar surface area (TPSA) is 92.3 Å². The second-order valence-corrected chi connectivity index (χ2v) is 7.46. The number of nitrogens with one attached hydrogen (secondary N) is 2. The van der Waals surface area contributed by atoms with Gasteiger partial charge in [-0.2, -0.15) is 0 Å². The number of carbonyl (C=O) groups excluding carboxylic acids is 4. The van der Waals surface area contributed by atoms with Gasteiger partial charge in [-0.15, -0.1) is 0 Å². The molecular weight excluding hydrogens is 344 g/mol. The molecule has 2 atom stereocenters. The molecule has 2 aliphatic heterocycles.